The molecule has 1 aromatic heterocycles. The quantitative estimate of drug-likeness (QED) is 0.445. The van der Waals surface area contributed by atoms with Crippen LogP contribution in [0.25, 0.3) is 16.9 Å². The molecule has 0 atom stereocenters. The van der Waals surface area contributed by atoms with E-state index in [2.05, 4.69) is 15.7 Å². The maximum atomic E-state index is 13.2. The number of aromatic nitrogens is 2. The first-order valence-corrected chi connectivity index (χ1v) is 9.97. The second-order valence-corrected chi connectivity index (χ2v) is 7.33. The van der Waals surface area contributed by atoms with Crippen molar-refractivity contribution >= 4 is 34.8 Å². The zero-order valence-electron chi connectivity index (χ0n) is 16.7. The Morgan fingerprint density at radius 3 is 2.23 bits per heavy atom. The van der Waals surface area contributed by atoms with Crippen LogP contribution < -0.4 is 10.6 Å². The van der Waals surface area contributed by atoms with Crippen LogP contribution in [-0.4, -0.2) is 21.6 Å². The molecule has 154 valence electrons. The molecule has 2 N–H and O–H groups in total. The van der Waals surface area contributed by atoms with Crippen molar-refractivity contribution in [2.45, 2.75) is 6.92 Å². The standard InChI is InChI=1S/C24H19ClN4O2/c1-16(30)26-19-6-5-7-20(14-19)27-24(31)22-15-29(21-8-3-2-4-9-21)28-23(22)17-10-12-18(25)13-11-17/h2-15H,1H3,(H,26,30)(H,27,31). The number of amides is 2. The maximum absolute atomic E-state index is 13.2. The Hall–Kier alpha value is -3.90. The predicted octanol–water partition coefficient (Wildman–Crippen LogP) is 5.40. The van der Waals surface area contributed by atoms with Gasteiger partial charge in [-0.15, -0.1) is 0 Å². The highest BCUT2D eigenvalue weighted by Gasteiger charge is 2.19. The number of carbonyl (C=O) groups is 2. The molecule has 3 aromatic carbocycles. The summed E-state index contributed by atoms with van der Waals surface area (Å²) in [4.78, 5) is 24.5. The summed E-state index contributed by atoms with van der Waals surface area (Å²) in [5, 5.41) is 10.9. The van der Waals surface area contributed by atoms with Gasteiger partial charge in [-0.1, -0.05) is 48.0 Å². The van der Waals surface area contributed by atoms with Gasteiger partial charge in [0.25, 0.3) is 5.91 Å². The molecule has 2 amide bonds. The molecule has 1 heterocycles. The first-order chi connectivity index (χ1) is 15.0. The molecular weight excluding hydrogens is 412 g/mol. The van der Waals surface area contributed by atoms with Gasteiger partial charge in [0.1, 0.15) is 5.69 Å². The van der Waals surface area contributed by atoms with Gasteiger partial charge < -0.3 is 10.6 Å². The highest BCUT2D eigenvalue weighted by atomic mass is 35.5. The van der Waals surface area contributed by atoms with E-state index < -0.39 is 0 Å². The normalized spacial score (nSPS) is 10.5. The van der Waals surface area contributed by atoms with E-state index in [1.54, 1.807) is 47.3 Å². The molecular formula is C24H19ClN4O2. The summed E-state index contributed by atoms with van der Waals surface area (Å²) in [5.41, 5.74) is 3.72. The summed E-state index contributed by atoms with van der Waals surface area (Å²) in [7, 11) is 0. The predicted molar refractivity (Wildman–Crippen MR) is 123 cm³/mol. The zero-order valence-corrected chi connectivity index (χ0v) is 17.4. The molecule has 0 saturated heterocycles. The molecule has 0 spiro atoms. The Balaban J connectivity index is 1.70. The number of nitrogens with one attached hydrogen (secondary N) is 2. The second-order valence-electron chi connectivity index (χ2n) is 6.89. The van der Waals surface area contributed by atoms with E-state index >= 15 is 0 Å². The summed E-state index contributed by atoms with van der Waals surface area (Å²) in [5.74, 6) is -0.496. The van der Waals surface area contributed by atoms with E-state index in [4.69, 9.17) is 11.6 Å². The highest BCUT2D eigenvalue weighted by Crippen LogP contribution is 2.26. The summed E-state index contributed by atoms with van der Waals surface area (Å²) < 4.78 is 1.67. The molecule has 0 radical (unpaired) electrons. The number of nitrogens with zero attached hydrogens (tertiary/aromatic N) is 2. The molecule has 4 rings (SSSR count). The van der Waals surface area contributed by atoms with E-state index in [0.717, 1.165) is 11.3 Å². The lowest BCUT2D eigenvalue weighted by Crippen LogP contribution is -2.13. The van der Waals surface area contributed by atoms with Crippen LogP contribution in [0.5, 0.6) is 0 Å². The Kier molecular flexibility index (Phi) is 5.82. The van der Waals surface area contributed by atoms with Gasteiger partial charge >= 0.3 is 0 Å². The first-order valence-electron chi connectivity index (χ1n) is 9.59. The number of anilines is 2. The zero-order chi connectivity index (χ0) is 21.8. The number of hydrogen-bond donors (Lipinski definition) is 2. The molecule has 6 nitrogen and oxygen atoms in total. The molecule has 0 aliphatic carbocycles. The van der Waals surface area contributed by atoms with Gasteiger partial charge in [-0.05, 0) is 42.5 Å². The minimum absolute atomic E-state index is 0.183. The number of rotatable bonds is 5. The van der Waals surface area contributed by atoms with Crippen LogP contribution >= 0.6 is 11.6 Å². The topological polar surface area (TPSA) is 76.0 Å². The number of hydrogen-bond acceptors (Lipinski definition) is 3. The third kappa shape index (κ3) is 4.82. The Labute approximate surface area is 184 Å². The van der Waals surface area contributed by atoms with Gasteiger partial charge in [0.15, 0.2) is 0 Å². The van der Waals surface area contributed by atoms with Crippen molar-refractivity contribution < 1.29 is 9.59 Å². The number of halogens is 1. The summed E-state index contributed by atoms with van der Waals surface area (Å²) in [6.45, 7) is 1.43. The van der Waals surface area contributed by atoms with Crippen LogP contribution in [-0.2, 0) is 4.79 Å². The SMILES string of the molecule is CC(=O)Nc1cccc(NC(=O)c2cn(-c3ccccc3)nc2-c2ccc(Cl)cc2)c1. The van der Waals surface area contributed by atoms with Crippen molar-refractivity contribution in [3.05, 3.63) is 95.6 Å². The molecule has 0 unspecified atom stereocenters. The van der Waals surface area contributed by atoms with Crippen LogP contribution in [0.1, 0.15) is 17.3 Å². The molecule has 0 aliphatic heterocycles. The van der Waals surface area contributed by atoms with Crippen molar-refractivity contribution in [3.8, 4) is 16.9 Å². The van der Waals surface area contributed by atoms with Crippen molar-refractivity contribution in [2.24, 2.45) is 0 Å². The third-order valence-corrected chi connectivity index (χ3v) is 4.79. The summed E-state index contributed by atoms with van der Waals surface area (Å²) >= 11 is 6.03. The van der Waals surface area contributed by atoms with E-state index in [0.29, 0.717) is 27.7 Å². The van der Waals surface area contributed by atoms with Gasteiger partial charge in [-0.25, -0.2) is 4.68 Å². The fourth-order valence-corrected chi connectivity index (χ4v) is 3.28. The van der Waals surface area contributed by atoms with Crippen LogP contribution in [0.3, 0.4) is 0 Å². The lowest BCUT2D eigenvalue weighted by atomic mass is 10.1. The molecule has 0 fully saturated rings. The average Bonchev–Trinajstić information content (AvgIpc) is 3.20. The molecule has 4 aromatic rings. The Morgan fingerprint density at radius 2 is 1.55 bits per heavy atom. The van der Waals surface area contributed by atoms with Crippen LogP contribution in [0.4, 0.5) is 11.4 Å². The monoisotopic (exact) mass is 430 g/mol. The van der Waals surface area contributed by atoms with Gasteiger partial charge in [0.05, 0.1) is 11.3 Å². The summed E-state index contributed by atoms with van der Waals surface area (Å²) in [6, 6.07) is 23.7. The van der Waals surface area contributed by atoms with Gasteiger partial charge in [-0.2, -0.15) is 5.10 Å². The number of para-hydroxylation sites is 1. The average molecular weight is 431 g/mol. The van der Waals surface area contributed by atoms with Crippen LogP contribution in [0.15, 0.2) is 85.1 Å². The minimum atomic E-state index is -0.313. The molecule has 31 heavy (non-hydrogen) atoms. The van der Waals surface area contributed by atoms with Gasteiger partial charge in [0.2, 0.25) is 5.91 Å². The van der Waals surface area contributed by atoms with E-state index in [1.165, 1.54) is 6.92 Å². The number of carbonyl (C=O) groups excluding carboxylic acids is 2. The smallest absolute Gasteiger partial charge is 0.259 e. The second kappa shape index (κ2) is 8.85. The minimum Gasteiger partial charge on any atom is -0.326 e. The Bertz CT molecular complexity index is 1230. The van der Waals surface area contributed by atoms with Gasteiger partial charge in [0, 0.05) is 35.1 Å². The van der Waals surface area contributed by atoms with E-state index in [1.807, 2.05) is 42.5 Å². The van der Waals surface area contributed by atoms with Crippen molar-refractivity contribution in [1.82, 2.24) is 9.78 Å². The molecule has 7 heteroatoms. The first kappa shape index (κ1) is 20.4. The third-order valence-electron chi connectivity index (χ3n) is 4.54. The fraction of sp³-hybridized carbons (Fsp3) is 0.0417. The largest absolute Gasteiger partial charge is 0.326 e. The van der Waals surface area contributed by atoms with E-state index in [9.17, 15) is 9.59 Å². The molecule has 0 bridgehead atoms. The molecule has 0 aliphatic rings. The molecule has 0 saturated carbocycles. The summed E-state index contributed by atoms with van der Waals surface area (Å²) in [6.07, 6.45) is 1.70. The maximum Gasteiger partial charge on any atom is 0.259 e. The van der Waals surface area contributed by atoms with E-state index in [-0.39, 0.29) is 11.8 Å². The van der Waals surface area contributed by atoms with Crippen molar-refractivity contribution in [3.63, 3.8) is 0 Å². The fourth-order valence-electron chi connectivity index (χ4n) is 3.15. The van der Waals surface area contributed by atoms with Gasteiger partial charge in [-0.3, -0.25) is 9.59 Å². The van der Waals surface area contributed by atoms with Crippen LogP contribution in [0.2, 0.25) is 5.02 Å². The van der Waals surface area contributed by atoms with Crippen molar-refractivity contribution in [2.75, 3.05) is 10.6 Å². The number of benzene rings is 3. The highest BCUT2D eigenvalue weighted by molar-refractivity contribution is 6.30. The lowest BCUT2D eigenvalue weighted by molar-refractivity contribution is -0.114. The van der Waals surface area contributed by atoms with Crippen molar-refractivity contribution in [1.29, 1.82) is 0 Å². The van der Waals surface area contributed by atoms with Crippen LogP contribution in [0, 0.1) is 0 Å². The Morgan fingerprint density at radius 1 is 0.871 bits per heavy atom. The lowest BCUT2D eigenvalue weighted by Gasteiger charge is -2.08.